The van der Waals surface area contributed by atoms with Crippen molar-refractivity contribution in [3.63, 3.8) is 0 Å². The molecule has 0 aliphatic rings. The van der Waals surface area contributed by atoms with Gasteiger partial charge in [0.05, 0.1) is 11.2 Å². The summed E-state index contributed by atoms with van der Waals surface area (Å²) in [5.41, 5.74) is 1.49. The maximum atomic E-state index is 11.2. The molecule has 1 heterocycles. The Balaban J connectivity index is 2.51. The van der Waals surface area contributed by atoms with Crippen molar-refractivity contribution < 1.29 is 4.79 Å². The van der Waals surface area contributed by atoms with Gasteiger partial charge in [0.15, 0.2) is 0 Å². The van der Waals surface area contributed by atoms with Gasteiger partial charge in [0.25, 0.3) is 0 Å². The van der Waals surface area contributed by atoms with Crippen LogP contribution in [0.15, 0.2) is 43.4 Å². The van der Waals surface area contributed by atoms with Crippen LogP contribution in [0.4, 0.5) is 5.69 Å². The number of nitrogens with zero attached hydrogens (tertiary/aromatic N) is 2. The molecule has 4 heteroatoms. The molecule has 0 radical (unpaired) electrons. The fourth-order valence-electron chi connectivity index (χ4n) is 1.30. The van der Waals surface area contributed by atoms with Crippen LogP contribution in [0, 0.1) is 0 Å². The van der Waals surface area contributed by atoms with Crippen molar-refractivity contribution in [1.29, 1.82) is 0 Å². The Bertz CT molecular complexity index is 517. The van der Waals surface area contributed by atoms with Gasteiger partial charge in [-0.25, -0.2) is 9.97 Å². The highest BCUT2D eigenvalue weighted by Gasteiger charge is 2.02. The van der Waals surface area contributed by atoms with E-state index >= 15 is 0 Å². The first kappa shape index (κ1) is 9.33. The Morgan fingerprint density at radius 3 is 3.13 bits per heavy atom. The minimum absolute atomic E-state index is 0.244. The van der Waals surface area contributed by atoms with Gasteiger partial charge in [0.2, 0.25) is 5.91 Å². The number of carbonyl (C=O) groups excluding carboxylic acids is 1. The van der Waals surface area contributed by atoms with E-state index in [1.807, 2.05) is 12.1 Å². The number of amides is 1. The van der Waals surface area contributed by atoms with Gasteiger partial charge in [0.1, 0.15) is 6.33 Å². The van der Waals surface area contributed by atoms with Crippen molar-refractivity contribution in [2.45, 2.75) is 0 Å². The first-order valence-electron chi connectivity index (χ1n) is 4.43. The summed E-state index contributed by atoms with van der Waals surface area (Å²) in [4.78, 5) is 19.2. The number of hydrogen-bond donors (Lipinski definition) is 1. The van der Waals surface area contributed by atoms with E-state index < -0.39 is 0 Å². The lowest BCUT2D eigenvalue weighted by Gasteiger charge is -2.04. The Morgan fingerprint density at radius 2 is 2.33 bits per heavy atom. The molecule has 1 N–H and O–H groups in total. The molecule has 2 rings (SSSR count). The van der Waals surface area contributed by atoms with Crippen LogP contribution in [0.2, 0.25) is 0 Å². The zero-order chi connectivity index (χ0) is 10.7. The Labute approximate surface area is 86.7 Å². The van der Waals surface area contributed by atoms with E-state index in [0.29, 0.717) is 5.69 Å². The average molecular weight is 199 g/mol. The predicted molar refractivity (Wildman–Crippen MR) is 58.4 cm³/mol. The van der Waals surface area contributed by atoms with Gasteiger partial charge in [-0.15, -0.1) is 0 Å². The second kappa shape index (κ2) is 3.88. The summed E-state index contributed by atoms with van der Waals surface area (Å²) in [6.45, 7) is 3.39. The molecule has 1 aromatic heterocycles. The molecule has 0 bridgehead atoms. The van der Waals surface area contributed by atoms with Crippen molar-refractivity contribution in [1.82, 2.24) is 9.97 Å². The van der Waals surface area contributed by atoms with Crippen molar-refractivity contribution in [2.24, 2.45) is 0 Å². The Kier molecular flexibility index (Phi) is 2.41. The molecular formula is C11H9N3O. The number of hydrogen-bond acceptors (Lipinski definition) is 3. The van der Waals surface area contributed by atoms with Crippen molar-refractivity contribution in [2.75, 3.05) is 5.32 Å². The van der Waals surface area contributed by atoms with E-state index in [4.69, 9.17) is 0 Å². The number of nitrogens with one attached hydrogen (secondary N) is 1. The van der Waals surface area contributed by atoms with Crippen LogP contribution in [0.25, 0.3) is 10.9 Å². The van der Waals surface area contributed by atoms with Crippen molar-refractivity contribution in [3.05, 3.63) is 43.4 Å². The number of anilines is 1. The molecule has 0 aliphatic carbocycles. The molecule has 1 aromatic carbocycles. The van der Waals surface area contributed by atoms with Crippen LogP contribution in [0.1, 0.15) is 0 Å². The maximum Gasteiger partial charge on any atom is 0.247 e. The highest BCUT2D eigenvalue weighted by atomic mass is 16.1. The quantitative estimate of drug-likeness (QED) is 0.750. The normalized spacial score (nSPS) is 9.87. The summed E-state index contributed by atoms with van der Waals surface area (Å²) < 4.78 is 0. The van der Waals surface area contributed by atoms with E-state index in [-0.39, 0.29) is 5.91 Å². The summed E-state index contributed by atoms with van der Waals surface area (Å²) in [6, 6.07) is 5.49. The van der Waals surface area contributed by atoms with Crippen LogP contribution in [0.3, 0.4) is 0 Å². The van der Waals surface area contributed by atoms with Gasteiger partial charge in [-0.2, -0.15) is 0 Å². The number of aromatic nitrogens is 2. The van der Waals surface area contributed by atoms with Crippen LogP contribution in [-0.4, -0.2) is 15.9 Å². The van der Waals surface area contributed by atoms with Crippen LogP contribution in [-0.2, 0) is 4.79 Å². The number of fused-ring (bicyclic) bond motifs is 1. The van der Waals surface area contributed by atoms with Crippen LogP contribution in [0.5, 0.6) is 0 Å². The summed E-state index contributed by atoms with van der Waals surface area (Å²) in [7, 11) is 0. The third-order valence-corrected chi connectivity index (χ3v) is 1.99. The van der Waals surface area contributed by atoms with Crippen molar-refractivity contribution in [3.8, 4) is 0 Å². The second-order valence-electron chi connectivity index (χ2n) is 2.95. The van der Waals surface area contributed by atoms with Gasteiger partial charge in [0, 0.05) is 11.6 Å². The van der Waals surface area contributed by atoms with E-state index in [1.165, 1.54) is 12.4 Å². The zero-order valence-electron chi connectivity index (χ0n) is 7.97. The Hall–Kier alpha value is -2.23. The molecule has 0 unspecified atom stereocenters. The molecule has 0 spiro atoms. The molecule has 2 aromatic rings. The van der Waals surface area contributed by atoms with Crippen molar-refractivity contribution >= 4 is 22.5 Å². The monoisotopic (exact) mass is 199 g/mol. The minimum Gasteiger partial charge on any atom is -0.322 e. The highest BCUT2D eigenvalue weighted by Crippen LogP contribution is 2.20. The third-order valence-electron chi connectivity index (χ3n) is 1.99. The third kappa shape index (κ3) is 1.83. The predicted octanol–water partition coefficient (Wildman–Crippen LogP) is 1.75. The standard InChI is InChI=1S/C11H9N3O/c1-2-11(15)14-10-5-3-4-9-8(10)6-12-7-13-9/h2-7H,1H2,(H,14,15). The van der Waals surface area contributed by atoms with Crippen LogP contribution < -0.4 is 5.32 Å². The maximum absolute atomic E-state index is 11.2. The van der Waals surface area contributed by atoms with E-state index in [0.717, 1.165) is 10.9 Å². The summed E-state index contributed by atoms with van der Waals surface area (Å²) >= 11 is 0. The van der Waals surface area contributed by atoms with Gasteiger partial charge in [-0.3, -0.25) is 4.79 Å². The van der Waals surface area contributed by atoms with E-state index in [9.17, 15) is 4.79 Å². The molecule has 0 saturated carbocycles. The molecule has 0 atom stereocenters. The lowest BCUT2D eigenvalue weighted by atomic mass is 10.2. The molecule has 74 valence electrons. The summed E-state index contributed by atoms with van der Waals surface area (Å²) in [5.74, 6) is -0.244. The molecule has 1 amide bonds. The SMILES string of the molecule is C=CC(=O)Nc1cccc2ncncc12. The molecule has 4 nitrogen and oxygen atoms in total. The number of rotatable bonds is 2. The first-order chi connectivity index (χ1) is 7.31. The van der Waals surface area contributed by atoms with E-state index in [2.05, 4.69) is 21.9 Å². The van der Waals surface area contributed by atoms with Gasteiger partial charge < -0.3 is 5.32 Å². The largest absolute Gasteiger partial charge is 0.322 e. The second-order valence-corrected chi connectivity index (χ2v) is 2.95. The number of carbonyl (C=O) groups is 1. The highest BCUT2D eigenvalue weighted by molar-refractivity contribution is 6.04. The molecule has 15 heavy (non-hydrogen) atoms. The van der Waals surface area contributed by atoms with Gasteiger partial charge in [-0.1, -0.05) is 12.6 Å². The van der Waals surface area contributed by atoms with Gasteiger partial charge in [-0.05, 0) is 18.2 Å². The van der Waals surface area contributed by atoms with E-state index in [1.54, 1.807) is 12.3 Å². The fraction of sp³-hybridized carbons (Fsp3) is 0. The number of benzene rings is 1. The van der Waals surface area contributed by atoms with Gasteiger partial charge >= 0.3 is 0 Å². The van der Waals surface area contributed by atoms with Crippen LogP contribution >= 0.6 is 0 Å². The first-order valence-corrected chi connectivity index (χ1v) is 4.43. The summed E-state index contributed by atoms with van der Waals surface area (Å²) in [5, 5.41) is 3.51. The lowest BCUT2D eigenvalue weighted by molar-refractivity contribution is -0.111. The average Bonchev–Trinajstić information content (AvgIpc) is 2.29. The topological polar surface area (TPSA) is 54.9 Å². The molecular weight excluding hydrogens is 190 g/mol. The fourth-order valence-corrected chi connectivity index (χ4v) is 1.30. The molecule has 0 aliphatic heterocycles. The molecule has 0 saturated heterocycles. The zero-order valence-corrected chi connectivity index (χ0v) is 7.97. The Morgan fingerprint density at radius 1 is 1.47 bits per heavy atom. The molecule has 0 fully saturated rings. The smallest absolute Gasteiger partial charge is 0.247 e. The minimum atomic E-state index is -0.244. The summed E-state index contributed by atoms with van der Waals surface area (Å²) in [6.07, 6.45) is 4.37. The lowest BCUT2D eigenvalue weighted by Crippen LogP contribution is -2.07.